The molecule has 1 fully saturated rings. The predicted molar refractivity (Wildman–Crippen MR) is 80.4 cm³/mol. The molecule has 0 atom stereocenters. The third kappa shape index (κ3) is 3.04. The van der Waals surface area contributed by atoms with Gasteiger partial charge >= 0.3 is 5.69 Å². The SMILES string of the molecule is O=C(Cn1nc2ccccn2c1=O)NC1CCC(CO)CC1. The summed E-state index contributed by atoms with van der Waals surface area (Å²) in [6.45, 7) is 0.151. The molecule has 22 heavy (non-hydrogen) atoms. The van der Waals surface area contributed by atoms with Crippen LogP contribution in [0.15, 0.2) is 29.2 Å². The molecule has 3 rings (SSSR count). The normalized spacial score (nSPS) is 21.9. The van der Waals surface area contributed by atoms with Gasteiger partial charge < -0.3 is 10.4 Å². The molecule has 1 saturated carbocycles. The first kappa shape index (κ1) is 14.8. The van der Waals surface area contributed by atoms with Crippen LogP contribution in [0.5, 0.6) is 0 Å². The van der Waals surface area contributed by atoms with Crippen molar-refractivity contribution in [2.24, 2.45) is 5.92 Å². The summed E-state index contributed by atoms with van der Waals surface area (Å²) in [6.07, 6.45) is 5.23. The molecular formula is C15H20N4O3. The van der Waals surface area contributed by atoms with E-state index in [0.29, 0.717) is 11.6 Å². The second-order valence-corrected chi connectivity index (χ2v) is 5.84. The number of amides is 1. The second kappa shape index (κ2) is 6.31. The average Bonchev–Trinajstić information content (AvgIpc) is 2.84. The predicted octanol–water partition coefficient (Wildman–Crippen LogP) is 0.163. The van der Waals surface area contributed by atoms with Gasteiger partial charge in [0, 0.05) is 18.8 Å². The fraction of sp³-hybridized carbons (Fsp3) is 0.533. The third-order valence-electron chi connectivity index (χ3n) is 4.25. The fourth-order valence-corrected chi connectivity index (χ4v) is 2.97. The number of aliphatic hydroxyl groups excluding tert-OH is 1. The van der Waals surface area contributed by atoms with Crippen LogP contribution >= 0.6 is 0 Å². The summed E-state index contributed by atoms with van der Waals surface area (Å²) in [6, 6.07) is 5.40. The number of carbonyl (C=O) groups is 1. The van der Waals surface area contributed by atoms with E-state index >= 15 is 0 Å². The number of nitrogens with zero attached hydrogens (tertiary/aromatic N) is 3. The molecule has 2 aromatic rings. The Bertz CT molecular complexity index is 713. The van der Waals surface area contributed by atoms with Gasteiger partial charge in [0.15, 0.2) is 5.65 Å². The Morgan fingerprint density at radius 2 is 2.09 bits per heavy atom. The number of hydrogen-bond donors (Lipinski definition) is 2. The molecule has 0 saturated heterocycles. The van der Waals surface area contributed by atoms with Crippen molar-refractivity contribution < 1.29 is 9.90 Å². The zero-order valence-electron chi connectivity index (χ0n) is 12.3. The number of carbonyl (C=O) groups excluding carboxylic acids is 1. The van der Waals surface area contributed by atoms with Crippen molar-refractivity contribution in [3.8, 4) is 0 Å². The highest BCUT2D eigenvalue weighted by Crippen LogP contribution is 2.23. The standard InChI is InChI=1S/C15H20N4O3/c20-10-11-4-6-12(7-5-11)16-14(21)9-19-15(22)18-8-2-1-3-13(18)17-19/h1-3,8,11-12,20H,4-7,9-10H2,(H,16,21). The Morgan fingerprint density at radius 1 is 1.32 bits per heavy atom. The summed E-state index contributed by atoms with van der Waals surface area (Å²) >= 11 is 0. The first-order valence-electron chi connectivity index (χ1n) is 7.62. The summed E-state index contributed by atoms with van der Waals surface area (Å²) in [5.41, 5.74) is 0.221. The maximum atomic E-state index is 12.1. The van der Waals surface area contributed by atoms with Gasteiger partial charge in [0.1, 0.15) is 6.54 Å². The maximum Gasteiger partial charge on any atom is 0.350 e. The van der Waals surface area contributed by atoms with Gasteiger partial charge in [-0.3, -0.25) is 9.20 Å². The summed E-state index contributed by atoms with van der Waals surface area (Å²) in [5, 5.41) is 16.2. The van der Waals surface area contributed by atoms with Gasteiger partial charge in [0.25, 0.3) is 0 Å². The van der Waals surface area contributed by atoms with Crippen molar-refractivity contribution in [1.29, 1.82) is 0 Å². The summed E-state index contributed by atoms with van der Waals surface area (Å²) in [7, 11) is 0. The highest BCUT2D eigenvalue weighted by Gasteiger charge is 2.22. The van der Waals surface area contributed by atoms with Crippen molar-refractivity contribution in [2.45, 2.75) is 38.3 Å². The molecule has 2 aromatic heterocycles. The van der Waals surface area contributed by atoms with E-state index in [1.807, 2.05) is 0 Å². The topological polar surface area (TPSA) is 88.6 Å². The van der Waals surface area contributed by atoms with Crippen molar-refractivity contribution in [3.05, 3.63) is 34.9 Å². The molecule has 0 radical (unpaired) electrons. The van der Waals surface area contributed by atoms with E-state index in [0.717, 1.165) is 25.7 Å². The Kier molecular flexibility index (Phi) is 4.24. The van der Waals surface area contributed by atoms with Crippen LogP contribution < -0.4 is 11.0 Å². The summed E-state index contributed by atoms with van der Waals surface area (Å²) in [5.74, 6) is 0.159. The first-order chi connectivity index (χ1) is 10.7. The van der Waals surface area contributed by atoms with E-state index in [4.69, 9.17) is 5.11 Å². The maximum absolute atomic E-state index is 12.1. The van der Waals surface area contributed by atoms with Gasteiger partial charge in [0.2, 0.25) is 5.91 Å². The van der Waals surface area contributed by atoms with Gasteiger partial charge in [-0.1, -0.05) is 6.07 Å². The molecule has 7 nitrogen and oxygen atoms in total. The summed E-state index contributed by atoms with van der Waals surface area (Å²) < 4.78 is 2.60. The smallest absolute Gasteiger partial charge is 0.350 e. The zero-order valence-corrected chi connectivity index (χ0v) is 12.3. The van der Waals surface area contributed by atoms with Crippen LogP contribution in [0.25, 0.3) is 5.65 Å². The van der Waals surface area contributed by atoms with Crippen LogP contribution in [0.4, 0.5) is 0 Å². The molecule has 0 bridgehead atoms. The number of aliphatic hydroxyl groups is 1. The molecule has 0 aliphatic heterocycles. The highest BCUT2D eigenvalue weighted by molar-refractivity contribution is 5.76. The van der Waals surface area contributed by atoms with E-state index in [1.54, 1.807) is 24.4 Å². The number of pyridine rings is 1. The minimum absolute atomic E-state index is 0.0690. The number of hydrogen-bond acceptors (Lipinski definition) is 4. The minimum Gasteiger partial charge on any atom is -0.396 e. The molecule has 0 unspecified atom stereocenters. The molecule has 2 N–H and O–H groups in total. The Balaban J connectivity index is 1.62. The lowest BCUT2D eigenvalue weighted by atomic mass is 9.86. The van der Waals surface area contributed by atoms with Crippen LogP contribution in [0, 0.1) is 5.92 Å². The van der Waals surface area contributed by atoms with Gasteiger partial charge in [-0.2, -0.15) is 0 Å². The number of fused-ring (bicyclic) bond motifs is 1. The first-order valence-corrected chi connectivity index (χ1v) is 7.62. The molecule has 1 aliphatic rings. The van der Waals surface area contributed by atoms with Gasteiger partial charge in [-0.15, -0.1) is 5.10 Å². The third-order valence-corrected chi connectivity index (χ3v) is 4.25. The Labute approximate surface area is 127 Å². The van der Waals surface area contributed by atoms with Crippen molar-refractivity contribution in [2.75, 3.05) is 6.61 Å². The van der Waals surface area contributed by atoms with E-state index in [9.17, 15) is 9.59 Å². The lowest BCUT2D eigenvalue weighted by molar-refractivity contribution is -0.122. The van der Waals surface area contributed by atoms with Gasteiger partial charge in [-0.05, 0) is 43.7 Å². The molecule has 0 spiro atoms. The van der Waals surface area contributed by atoms with Crippen LogP contribution in [0.2, 0.25) is 0 Å². The molecular weight excluding hydrogens is 284 g/mol. The fourth-order valence-electron chi connectivity index (χ4n) is 2.97. The van der Waals surface area contributed by atoms with Gasteiger partial charge in [0.05, 0.1) is 0 Å². The largest absolute Gasteiger partial charge is 0.396 e. The van der Waals surface area contributed by atoms with Crippen molar-refractivity contribution in [3.63, 3.8) is 0 Å². The number of aromatic nitrogens is 3. The lowest BCUT2D eigenvalue weighted by Gasteiger charge is -2.27. The molecule has 118 valence electrons. The lowest BCUT2D eigenvalue weighted by Crippen LogP contribution is -2.41. The molecule has 2 heterocycles. The van der Waals surface area contributed by atoms with Crippen LogP contribution in [0.1, 0.15) is 25.7 Å². The molecule has 1 amide bonds. The van der Waals surface area contributed by atoms with Gasteiger partial charge in [-0.25, -0.2) is 9.48 Å². The monoisotopic (exact) mass is 304 g/mol. The highest BCUT2D eigenvalue weighted by atomic mass is 16.3. The van der Waals surface area contributed by atoms with Crippen LogP contribution in [-0.2, 0) is 11.3 Å². The quantitative estimate of drug-likeness (QED) is 0.842. The van der Waals surface area contributed by atoms with E-state index in [1.165, 1.54) is 9.08 Å². The van der Waals surface area contributed by atoms with E-state index in [2.05, 4.69) is 10.4 Å². The average molecular weight is 304 g/mol. The van der Waals surface area contributed by atoms with Crippen molar-refractivity contribution >= 4 is 11.6 Å². The minimum atomic E-state index is -0.310. The number of rotatable bonds is 4. The van der Waals surface area contributed by atoms with Crippen molar-refractivity contribution in [1.82, 2.24) is 19.5 Å². The van der Waals surface area contributed by atoms with Crippen LogP contribution in [-0.4, -0.2) is 37.8 Å². The molecule has 1 aliphatic carbocycles. The van der Waals surface area contributed by atoms with E-state index in [-0.39, 0.29) is 30.8 Å². The Morgan fingerprint density at radius 3 is 2.77 bits per heavy atom. The second-order valence-electron chi connectivity index (χ2n) is 5.84. The molecule has 0 aromatic carbocycles. The summed E-state index contributed by atoms with van der Waals surface area (Å²) in [4.78, 5) is 24.2. The Hall–Kier alpha value is -2.15. The van der Waals surface area contributed by atoms with Crippen LogP contribution in [0.3, 0.4) is 0 Å². The molecule has 7 heteroatoms. The zero-order chi connectivity index (χ0) is 15.5. The number of nitrogens with one attached hydrogen (secondary N) is 1. The van der Waals surface area contributed by atoms with E-state index < -0.39 is 0 Å².